The third kappa shape index (κ3) is 3.22. The average molecular weight is 214 g/mol. The molecule has 0 N–H and O–H groups in total. The largest absolute Gasteiger partial charge is 0.496 e. The number of thioether (sulfide) groups is 1. The van der Waals surface area contributed by atoms with Gasteiger partial charge in [0.15, 0.2) is 0 Å². The molecule has 14 heavy (non-hydrogen) atoms. The van der Waals surface area contributed by atoms with Crippen molar-refractivity contribution in [3.63, 3.8) is 0 Å². The molecule has 0 unspecified atom stereocenters. The van der Waals surface area contributed by atoms with Crippen LogP contribution in [0.1, 0.15) is 19.4 Å². The van der Waals surface area contributed by atoms with E-state index in [9.17, 15) is 4.39 Å². The Labute approximate surface area is 88.7 Å². The van der Waals surface area contributed by atoms with Crippen LogP contribution in [0.15, 0.2) is 18.2 Å². The number of hydrogen-bond acceptors (Lipinski definition) is 2. The van der Waals surface area contributed by atoms with Gasteiger partial charge in [0.05, 0.1) is 7.11 Å². The zero-order valence-electron chi connectivity index (χ0n) is 8.71. The van der Waals surface area contributed by atoms with Crippen molar-refractivity contribution in [1.29, 1.82) is 0 Å². The van der Waals surface area contributed by atoms with Crippen LogP contribution >= 0.6 is 11.8 Å². The summed E-state index contributed by atoms with van der Waals surface area (Å²) >= 11 is 1.82. The molecular weight excluding hydrogens is 199 g/mol. The molecule has 0 saturated heterocycles. The molecule has 0 aliphatic heterocycles. The van der Waals surface area contributed by atoms with Crippen molar-refractivity contribution < 1.29 is 9.13 Å². The summed E-state index contributed by atoms with van der Waals surface area (Å²) in [5.41, 5.74) is 1.05. The van der Waals surface area contributed by atoms with Crippen LogP contribution in [-0.2, 0) is 5.75 Å². The van der Waals surface area contributed by atoms with Gasteiger partial charge in [-0.3, -0.25) is 0 Å². The van der Waals surface area contributed by atoms with Gasteiger partial charge in [0, 0.05) is 17.4 Å². The lowest BCUT2D eigenvalue weighted by Crippen LogP contribution is -1.94. The predicted octanol–water partition coefficient (Wildman–Crippen LogP) is 3.48. The summed E-state index contributed by atoms with van der Waals surface area (Å²) in [6.07, 6.45) is 0. The van der Waals surface area contributed by atoms with Crippen molar-refractivity contribution in [2.75, 3.05) is 7.11 Å². The molecule has 0 aliphatic carbocycles. The first-order valence-electron chi connectivity index (χ1n) is 4.57. The van der Waals surface area contributed by atoms with E-state index < -0.39 is 0 Å². The molecule has 1 nitrogen and oxygen atoms in total. The van der Waals surface area contributed by atoms with Gasteiger partial charge in [0.2, 0.25) is 0 Å². The van der Waals surface area contributed by atoms with Gasteiger partial charge < -0.3 is 4.74 Å². The minimum atomic E-state index is -0.250. The zero-order chi connectivity index (χ0) is 10.6. The molecule has 0 aromatic heterocycles. The minimum absolute atomic E-state index is 0.250. The molecule has 0 heterocycles. The lowest BCUT2D eigenvalue weighted by Gasteiger charge is -2.09. The van der Waals surface area contributed by atoms with E-state index in [1.807, 2.05) is 11.8 Å². The van der Waals surface area contributed by atoms with E-state index in [0.717, 1.165) is 11.3 Å². The smallest absolute Gasteiger partial charge is 0.126 e. The van der Waals surface area contributed by atoms with Crippen LogP contribution in [0.4, 0.5) is 4.39 Å². The van der Waals surface area contributed by atoms with E-state index in [0.29, 0.717) is 11.0 Å². The Bertz CT molecular complexity index is 299. The number of benzene rings is 1. The SMILES string of the molecule is COc1cc(F)ccc1CSC(C)C. The van der Waals surface area contributed by atoms with Crippen molar-refractivity contribution in [1.82, 2.24) is 0 Å². The molecule has 0 atom stereocenters. The van der Waals surface area contributed by atoms with Gasteiger partial charge in [0.25, 0.3) is 0 Å². The van der Waals surface area contributed by atoms with E-state index in [-0.39, 0.29) is 5.82 Å². The second-order valence-electron chi connectivity index (χ2n) is 3.32. The summed E-state index contributed by atoms with van der Waals surface area (Å²) in [4.78, 5) is 0. The number of methoxy groups -OCH3 is 1. The van der Waals surface area contributed by atoms with Crippen LogP contribution < -0.4 is 4.74 Å². The highest BCUT2D eigenvalue weighted by atomic mass is 32.2. The number of hydrogen-bond donors (Lipinski definition) is 0. The Morgan fingerprint density at radius 1 is 1.43 bits per heavy atom. The quantitative estimate of drug-likeness (QED) is 0.759. The fourth-order valence-electron chi connectivity index (χ4n) is 1.09. The van der Waals surface area contributed by atoms with Crippen LogP contribution in [0.2, 0.25) is 0 Å². The molecule has 0 spiro atoms. The molecule has 78 valence electrons. The van der Waals surface area contributed by atoms with Crippen molar-refractivity contribution in [3.05, 3.63) is 29.6 Å². The zero-order valence-corrected chi connectivity index (χ0v) is 9.53. The van der Waals surface area contributed by atoms with Gasteiger partial charge in [-0.05, 0) is 11.3 Å². The summed E-state index contributed by atoms with van der Waals surface area (Å²) in [6, 6.07) is 4.68. The Hall–Kier alpha value is -0.700. The molecule has 1 rings (SSSR count). The van der Waals surface area contributed by atoms with E-state index in [1.54, 1.807) is 13.2 Å². The first kappa shape index (κ1) is 11.4. The van der Waals surface area contributed by atoms with Gasteiger partial charge in [-0.25, -0.2) is 4.39 Å². The van der Waals surface area contributed by atoms with E-state index in [2.05, 4.69) is 13.8 Å². The highest BCUT2D eigenvalue weighted by Gasteiger charge is 2.05. The van der Waals surface area contributed by atoms with Crippen LogP contribution in [0.3, 0.4) is 0 Å². The molecule has 0 fully saturated rings. The van der Waals surface area contributed by atoms with Crippen LogP contribution in [0.5, 0.6) is 5.75 Å². The standard InChI is InChI=1S/C11H15FOS/c1-8(2)14-7-9-4-5-10(12)6-11(9)13-3/h4-6,8H,7H2,1-3H3. The first-order valence-corrected chi connectivity index (χ1v) is 5.62. The van der Waals surface area contributed by atoms with Gasteiger partial charge in [-0.1, -0.05) is 19.9 Å². The summed E-state index contributed by atoms with van der Waals surface area (Å²) in [5, 5.41) is 0.574. The van der Waals surface area contributed by atoms with Gasteiger partial charge in [-0.2, -0.15) is 11.8 Å². The molecule has 0 bridgehead atoms. The molecule has 0 saturated carbocycles. The Balaban J connectivity index is 2.75. The molecular formula is C11H15FOS. The summed E-state index contributed by atoms with van der Waals surface area (Å²) in [5.74, 6) is 1.25. The lowest BCUT2D eigenvalue weighted by atomic mass is 10.2. The van der Waals surface area contributed by atoms with E-state index in [4.69, 9.17) is 4.74 Å². The first-order chi connectivity index (χ1) is 6.63. The van der Waals surface area contributed by atoms with Crippen LogP contribution in [0, 0.1) is 5.82 Å². The maximum atomic E-state index is 12.8. The fourth-order valence-corrected chi connectivity index (χ4v) is 1.85. The van der Waals surface area contributed by atoms with Crippen molar-refractivity contribution in [2.45, 2.75) is 24.9 Å². The molecule has 0 aliphatic rings. The Morgan fingerprint density at radius 2 is 2.14 bits per heavy atom. The number of rotatable bonds is 4. The van der Waals surface area contributed by atoms with Crippen LogP contribution in [0.25, 0.3) is 0 Å². The second kappa shape index (κ2) is 5.25. The molecule has 0 radical (unpaired) electrons. The maximum Gasteiger partial charge on any atom is 0.126 e. The maximum absolute atomic E-state index is 12.8. The van der Waals surface area contributed by atoms with Crippen molar-refractivity contribution in [3.8, 4) is 5.75 Å². The van der Waals surface area contributed by atoms with E-state index in [1.165, 1.54) is 12.1 Å². The topological polar surface area (TPSA) is 9.23 Å². The summed E-state index contributed by atoms with van der Waals surface area (Å²) < 4.78 is 18.0. The van der Waals surface area contributed by atoms with Crippen molar-refractivity contribution in [2.24, 2.45) is 0 Å². The predicted molar refractivity (Wildman–Crippen MR) is 59.4 cm³/mol. The van der Waals surface area contributed by atoms with Crippen LogP contribution in [-0.4, -0.2) is 12.4 Å². The van der Waals surface area contributed by atoms with Gasteiger partial charge in [-0.15, -0.1) is 0 Å². The highest BCUT2D eigenvalue weighted by Crippen LogP contribution is 2.25. The third-order valence-electron chi connectivity index (χ3n) is 1.82. The third-order valence-corrected chi connectivity index (χ3v) is 2.97. The fraction of sp³-hybridized carbons (Fsp3) is 0.455. The van der Waals surface area contributed by atoms with Crippen molar-refractivity contribution >= 4 is 11.8 Å². The lowest BCUT2D eigenvalue weighted by molar-refractivity contribution is 0.408. The average Bonchev–Trinajstić information content (AvgIpc) is 2.15. The minimum Gasteiger partial charge on any atom is -0.496 e. The Morgan fingerprint density at radius 3 is 2.71 bits per heavy atom. The Kier molecular flexibility index (Phi) is 4.26. The molecule has 3 heteroatoms. The molecule has 1 aromatic carbocycles. The van der Waals surface area contributed by atoms with E-state index >= 15 is 0 Å². The molecule has 1 aromatic rings. The van der Waals surface area contributed by atoms with Gasteiger partial charge >= 0.3 is 0 Å². The molecule has 0 amide bonds. The monoisotopic (exact) mass is 214 g/mol. The normalized spacial score (nSPS) is 10.6. The summed E-state index contributed by atoms with van der Waals surface area (Å²) in [7, 11) is 1.57. The number of halogens is 1. The second-order valence-corrected chi connectivity index (χ2v) is 4.88. The summed E-state index contributed by atoms with van der Waals surface area (Å²) in [6.45, 7) is 4.28. The van der Waals surface area contributed by atoms with Gasteiger partial charge in [0.1, 0.15) is 11.6 Å². The number of ether oxygens (including phenoxy) is 1. The highest BCUT2D eigenvalue weighted by molar-refractivity contribution is 7.99.